The van der Waals surface area contributed by atoms with Crippen LogP contribution >= 0.6 is 0 Å². The Morgan fingerprint density at radius 1 is 1.16 bits per heavy atom. The molecule has 4 heteroatoms. The van der Waals surface area contributed by atoms with Crippen molar-refractivity contribution in [3.05, 3.63) is 35.4 Å². The van der Waals surface area contributed by atoms with E-state index in [-0.39, 0.29) is 6.04 Å². The Balaban J connectivity index is 2.96. The maximum atomic E-state index is 11.2. The SMILES string of the molecule is CCC(C)c1ccc(C(NC)C(NC)C(=O)O)cc1. The summed E-state index contributed by atoms with van der Waals surface area (Å²) in [4.78, 5) is 11.2. The Morgan fingerprint density at radius 3 is 2.05 bits per heavy atom. The van der Waals surface area contributed by atoms with E-state index in [1.54, 1.807) is 14.1 Å². The van der Waals surface area contributed by atoms with Gasteiger partial charge in [-0.25, -0.2) is 0 Å². The molecule has 0 aliphatic heterocycles. The number of nitrogens with one attached hydrogen (secondary N) is 2. The van der Waals surface area contributed by atoms with Gasteiger partial charge in [-0.1, -0.05) is 38.1 Å². The van der Waals surface area contributed by atoms with Crippen molar-refractivity contribution in [3.8, 4) is 0 Å². The predicted molar refractivity (Wildman–Crippen MR) is 77.4 cm³/mol. The molecule has 0 saturated heterocycles. The number of benzene rings is 1. The Hall–Kier alpha value is -1.39. The molecule has 3 N–H and O–H groups in total. The third-order valence-corrected chi connectivity index (χ3v) is 3.70. The average molecular weight is 264 g/mol. The number of carboxylic acids is 1. The second kappa shape index (κ2) is 7.26. The first-order valence-electron chi connectivity index (χ1n) is 6.72. The van der Waals surface area contributed by atoms with Gasteiger partial charge in [0.05, 0.1) is 6.04 Å². The van der Waals surface area contributed by atoms with E-state index in [4.69, 9.17) is 0 Å². The van der Waals surface area contributed by atoms with E-state index >= 15 is 0 Å². The fraction of sp³-hybridized carbons (Fsp3) is 0.533. The van der Waals surface area contributed by atoms with Crippen LogP contribution in [0.1, 0.15) is 43.4 Å². The van der Waals surface area contributed by atoms with E-state index < -0.39 is 12.0 Å². The van der Waals surface area contributed by atoms with E-state index in [1.807, 2.05) is 12.1 Å². The van der Waals surface area contributed by atoms with Crippen molar-refractivity contribution in [1.29, 1.82) is 0 Å². The number of carbonyl (C=O) groups is 1. The average Bonchev–Trinajstić information content (AvgIpc) is 2.43. The lowest BCUT2D eigenvalue weighted by Crippen LogP contribution is -2.44. The van der Waals surface area contributed by atoms with Crippen LogP contribution in [0.4, 0.5) is 0 Å². The molecule has 0 aliphatic carbocycles. The zero-order chi connectivity index (χ0) is 14.4. The summed E-state index contributed by atoms with van der Waals surface area (Å²) in [5.41, 5.74) is 2.27. The van der Waals surface area contributed by atoms with Gasteiger partial charge in [0.2, 0.25) is 0 Å². The van der Waals surface area contributed by atoms with E-state index in [0.717, 1.165) is 12.0 Å². The fourth-order valence-corrected chi connectivity index (χ4v) is 2.23. The van der Waals surface area contributed by atoms with Crippen LogP contribution in [0, 0.1) is 0 Å². The van der Waals surface area contributed by atoms with E-state index in [9.17, 15) is 9.90 Å². The van der Waals surface area contributed by atoms with Gasteiger partial charge in [0, 0.05) is 0 Å². The number of rotatable bonds is 7. The minimum absolute atomic E-state index is 0.242. The lowest BCUT2D eigenvalue weighted by Gasteiger charge is -2.24. The number of aliphatic carboxylic acids is 1. The highest BCUT2D eigenvalue weighted by atomic mass is 16.4. The standard InChI is InChI=1S/C15H24N2O2/c1-5-10(2)11-6-8-12(9-7-11)13(16-3)14(17-4)15(18)19/h6-10,13-14,16-17H,5H2,1-4H3,(H,18,19). The molecule has 4 nitrogen and oxygen atoms in total. The quantitative estimate of drug-likeness (QED) is 0.706. The van der Waals surface area contributed by atoms with Crippen molar-refractivity contribution in [3.63, 3.8) is 0 Å². The molecular weight excluding hydrogens is 240 g/mol. The second-order valence-corrected chi connectivity index (χ2v) is 4.85. The highest BCUT2D eigenvalue weighted by molar-refractivity contribution is 5.74. The zero-order valence-electron chi connectivity index (χ0n) is 12.1. The maximum Gasteiger partial charge on any atom is 0.322 e. The minimum Gasteiger partial charge on any atom is -0.480 e. The van der Waals surface area contributed by atoms with Crippen LogP contribution < -0.4 is 10.6 Å². The lowest BCUT2D eigenvalue weighted by molar-refractivity contribution is -0.140. The molecule has 3 atom stereocenters. The molecule has 0 saturated carbocycles. The Bertz CT molecular complexity index is 403. The van der Waals surface area contributed by atoms with Crippen LogP contribution in [-0.4, -0.2) is 31.2 Å². The van der Waals surface area contributed by atoms with Crippen molar-refractivity contribution in [1.82, 2.24) is 10.6 Å². The van der Waals surface area contributed by atoms with Crippen LogP contribution in [0.3, 0.4) is 0 Å². The number of carboxylic acid groups (broad SMARTS) is 1. The van der Waals surface area contributed by atoms with Crippen LogP contribution in [0.2, 0.25) is 0 Å². The summed E-state index contributed by atoms with van der Waals surface area (Å²) >= 11 is 0. The molecule has 0 fully saturated rings. The fourth-order valence-electron chi connectivity index (χ4n) is 2.23. The Labute approximate surface area is 115 Å². The molecule has 0 amide bonds. The second-order valence-electron chi connectivity index (χ2n) is 4.85. The molecule has 0 aliphatic rings. The highest BCUT2D eigenvalue weighted by Crippen LogP contribution is 2.22. The van der Waals surface area contributed by atoms with Crippen molar-refractivity contribution < 1.29 is 9.90 Å². The van der Waals surface area contributed by atoms with Gasteiger partial charge in [0.15, 0.2) is 0 Å². The largest absolute Gasteiger partial charge is 0.480 e. The topological polar surface area (TPSA) is 61.4 Å². The molecule has 3 unspecified atom stereocenters. The van der Waals surface area contributed by atoms with Crippen molar-refractivity contribution >= 4 is 5.97 Å². The van der Waals surface area contributed by atoms with Gasteiger partial charge in [-0.15, -0.1) is 0 Å². The summed E-state index contributed by atoms with van der Waals surface area (Å²) in [6.07, 6.45) is 1.10. The van der Waals surface area contributed by atoms with Crippen molar-refractivity contribution in [2.45, 2.75) is 38.3 Å². The van der Waals surface area contributed by atoms with Gasteiger partial charge in [-0.3, -0.25) is 4.79 Å². The molecule has 1 aromatic rings. The van der Waals surface area contributed by atoms with Crippen LogP contribution in [0.25, 0.3) is 0 Å². The molecule has 106 valence electrons. The summed E-state index contributed by atoms with van der Waals surface area (Å²) in [5.74, 6) is -0.325. The highest BCUT2D eigenvalue weighted by Gasteiger charge is 2.26. The van der Waals surface area contributed by atoms with Gasteiger partial charge in [-0.05, 0) is 37.6 Å². The third kappa shape index (κ3) is 3.78. The molecule has 19 heavy (non-hydrogen) atoms. The lowest BCUT2D eigenvalue weighted by atomic mass is 9.94. The summed E-state index contributed by atoms with van der Waals surface area (Å²) in [7, 11) is 3.44. The first-order valence-corrected chi connectivity index (χ1v) is 6.72. The number of hydrogen-bond donors (Lipinski definition) is 3. The minimum atomic E-state index is -0.854. The maximum absolute atomic E-state index is 11.2. The van der Waals surface area contributed by atoms with Gasteiger partial charge >= 0.3 is 5.97 Å². The molecular formula is C15H24N2O2. The van der Waals surface area contributed by atoms with E-state index in [1.165, 1.54) is 5.56 Å². The van der Waals surface area contributed by atoms with E-state index in [0.29, 0.717) is 5.92 Å². The van der Waals surface area contributed by atoms with E-state index in [2.05, 4.69) is 36.6 Å². The van der Waals surface area contributed by atoms with Gasteiger partial charge in [-0.2, -0.15) is 0 Å². The normalized spacial score (nSPS) is 15.8. The van der Waals surface area contributed by atoms with Crippen LogP contribution in [-0.2, 0) is 4.79 Å². The monoisotopic (exact) mass is 264 g/mol. The molecule has 1 rings (SSSR count). The van der Waals surface area contributed by atoms with Crippen molar-refractivity contribution in [2.75, 3.05) is 14.1 Å². The smallest absolute Gasteiger partial charge is 0.322 e. The van der Waals surface area contributed by atoms with Crippen LogP contribution in [0.5, 0.6) is 0 Å². The number of likely N-dealkylation sites (N-methyl/N-ethyl adjacent to an activating group) is 2. The molecule has 0 heterocycles. The van der Waals surface area contributed by atoms with Gasteiger partial charge in [0.25, 0.3) is 0 Å². The summed E-state index contributed by atoms with van der Waals surface area (Å²) < 4.78 is 0. The number of hydrogen-bond acceptors (Lipinski definition) is 3. The van der Waals surface area contributed by atoms with Crippen molar-refractivity contribution in [2.24, 2.45) is 0 Å². The van der Waals surface area contributed by atoms with Gasteiger partial charge < -0.3 is 15.7 Å². The summed E-state index contributed by atoms with van der Waals surface area (Å²) in [6, 6.07) is 7.31. The zero-order valence-corrected chi connectivity index (χ0v) is 12.1. The molecule has 0 spiro atoms. The first-order chi connectivity index (χ1) is 9.04. The Kier molecular flexibility index (Phi) is 5.99. The van der Waals surface area contributed by atoms with Crippen LogP contribution in [0.15, 0.2) is 24.3 Å². The van der Waals surface area contributed by atoms with Gasteiger partial charge in [0.1, 0.15) is 6.04 Å². The third-order valence-electron chi connectivity index (χ3n) is 3.70. The molecule has 0 bridgehead atoms. The molecule has 1 aromatic carbocycles. The predicted octanol–water partition coefficient (Wildman–Crippen LogP) is 2.13. The Morgan fingerprint density at radius 2 is 1.68 bits per heavy atom. The summed E-state index contributed by atoms with van der Waals surface area (Å²) in [5, 5.41) is 15.1. The molecule has 0 radical (unpaired) electrons. The summed E-state index contributed by atoms with van der Waals surface area (Å²) in [6.45, 7) is 4.36. The first kappa shape index (κ1) is 15.7. The molecule has 0 aromatic heterocycles.